The van der Waals surface area contributed by atoms with Crippen LogP contribution >= 0.6 is 34.5 Å². The Morgan fingerprint density at radius 2 is 1.66 bits per heavy atom. The first-order chi connectivity index (χ1) is 17.1. The summed E-state index contributed by atoms with van der Waals surface area (Å²) in [6, 6.07) is 17.8. The zero-order valence-electron chi connectivity index (χ0n) is 19.3. The molecular formula is C29H26Cl2N2OS. The molecule has 35 heavy (non-hydrogen) atoms. The maximum atomic E-state index is 13.9. The third kappa shape index (κ3) is 4.48. The number of hydrogen-bond donors (Lipinski definition) is 0. The van der Waals surface area contributed by atoms with Gasteiger partial charge < -0.3 is 0 Å². The fraction of sp³-hybridized carbons (Fsp3) is 0.310. The number of hydrazone groups is 1. The highest BCUT2D eigenvalue weighted by molar-refractivity contribution is 7.14. The van der Waals surface area contributed by atoms with Crippen molar-refractivity contribution in [3.63, 3.8) is 0 Å². The van der Waals surface area contributed by atoms with Crippen molar-refractivity contribution in [3.8, 4) is 0 Å². The third-order valence-electron chi connectivity index (χ3n) is 7.34. The van der Waals surface area contributed by atoms with Gasteiger partial charge in [-0.2, -0.15) is 5.10 Å². The average molecular weight is 522 g/mol. The van der Waals surface area contributed by atoms with Gasteiger partial charge in [-0.15, -0.1) is 11.3 Å². The molecule has 0 radical (unpaired) electrons. The lowest BCUT2D eigenvalue weighted by Crippen LogP contribution is -2.31. The Morgan fingerprint density at radius 1 is 0.943 bits per heavy atom. The molecule has 0 spiro atoms. The first-order valence-corrected chi connectivity index (χ1v) is 13.9. The average Bonchev–Trinajstić information content (AvgIpc) is 3.48. The first kappa shape index (κ1) is 23.0. The summed E-state index contributed by atoms with van der Waals surface area (Å²) < 4.78 is 0. The molecule has 0 unspecified atom stereocenters. The Morgan fingerprint density at radius 3 is 2.40 bits per heavy atom. The topological polar surface area (TPSA) is 32.7 Å². The molecule has 6 heteroatoms. The Bertz CT molecular complexity index is 1300. The van der Waals surface area contributed by atoms with E-state index in [4.69, 9.17) is 28.3 Å². The van der Waals surface area contributed by atoms with E-state index < -0.39 is 0 Å². The second kappa shape index (κ2) is 9.57. The minimum absolute atomic E-state index is 0.0112. The number of carbonyl (C=O) groups excluding carboxylic acids is 1. The minimum atomic E-state index is -0.122. The number of aryl methyl sites for hydroxylation is 2. The summed E-state index contributed by atoms with van der Waals surface area (Å²) in [7, 11) is 0. The number of allylic oxidation sites excluding steroid dienone is 1. The molecule has 6 rings (SSSR count). The summed E-state index contributed by atoms with van der Waals surface area (Å²) in [6.45, 7) is 0. The molecule has 1 fully saturated rings. The van der Waals surface area contributed by atoms with Gasteiger partial charge >= 0.3 is 0 Å². The molecular weight excluding hydrogens is 495 g/mol. The van der Waals surface area contributed by atoms with E-state index in [2.05, 4.69) is 12.1 Å². The van der Waals surface area contributed by atoms with Crippen LogP contribution < -0.4 is 0 Å². The van der Waals surface area contributed by atoms with E-state index in [1.54, 1.807) is 16.3 Å². The highest BCUT2D eigenvalue weighted by Crippen LogP contribution is 2.45. The van der Waals surface area contributed by atoms with Crippen LogP contribution in [0.3, 0.4) is 0 Å². The van der Waals surface area contributed by atoms with Gasteiger partial charge in [0.25, 0.3) is 5.91 Å². The summed E-state index contributed by atoms with van der Waals surface area (Å²) in [4.78, 5) is 16.1. The highest BCUT2D eigenvalue weighted by atomic mass is 35.5. The van der Waals surface area contributed by atoms with E-state index >= 15 is 0 Å². The summed E-state index contributed by atoms with van der Waals surface area (Å²) >= 11 is 14.0. The maximum absolute atomic E-state index is 13.9. The fourth-order valence-corrected chi connectivity index (χ4v) is 7.07. The van der Waals surface area contributed by atoms with Crippen LogP contribution in [0.5, 0.6) is 0 Å². The minimum Gasteiger partial charge on any atom is -0.266 e. The van der Waals surface area contributed by atoms with E-state index in [0.29, 0.717) is 5.02 Å². The number of benzene rings is 2. The monoisotopic (exact) mass is 520 g/mol. The fourth-order valence-electron chi connectivity index (χ4n) is 5.63. The van der Waals surface area contributed by atoms with Crippen LogP contribution in [0.25, 0.3) is 6.08 Å². The van der Waals surface area contributed by atoms with Gasteiger partial charge in [0, 0.05) is 20.8 Å². The molecule has 0 N–H and O–H groups in total. The van der Waals surface area contributed by atoms with Crippen molar-refractivity contribution in [2.45, 2.75) is 51.0 Å². The predicted octanol–water partition coefficient (Wildman–Crippen LogP) is 8.37. The van der Waals surface area contributed by atoms with Gasteiger partial charge in [0.15, 0.2) is 0 Å². The lowest BCUT2D eigenvalue weighted by Gasteiger charge is -2.29. The van der Waals surface area contributed by atoms with Crippen molar-refractivity contribution in [2.24, 2.45) is 11.0 Å². The largest absolute Gasteiger partial charge is 0.284 e. The SMILES string of the molecule is O=C(c1cc2c(s1)CCCC2)N1N=C2/C(=C/c3ccc(Cl)cc3)CCC[C@H]2[C@H]1c1ccc(Cl)cc1. The molecule has 0 saturated heterocycles. The van der Waals surface area contributed by atoms with E-state index in [1.807, 2.05) is 48.5 Å². The molecule has 2 aliphatic carbocycles. The van der Waals surface area contributed by atoms with Crippen molar-refractivity contribution in [1.29, 1.82) is 0 Å². The summed E-state index contributed by atoms with van der Waals surface area (Å²) in [6.07, 6.45) is 9.82. The molecule has 3 aliphatic rings. The van der Waals surface area contributed by atoms with Crippen LogP contribution in [0.15, 0.2) is 65.3 Å². The Kier molecular flexibility index (Phi) is 6.30. The second-order valence-electron chi connectivity index (χ2n) is 9.62. The highest BCUT2D eigenvalue weighted by Gasteiger charge is 2.44. The number of amides is 1. The van der Waals surface area contributed by atoms with Gasteiger partial charge in [-0.25, -0.2) is 5.01 Å². The van der Waals surface area contributed by atoms with Crippen molar-refractivity contribution in [3.05, 3.63) is 96.7 Å². The van der Waals surface area contributed by atoms with Crippen molar-refractivity contribution >= 4 is 52.2 Å². The van der Waals surface area contributed by atoms with Gasteiger partial charge in [-0.05, 0) is 104 Å². The predicted molar refractivity (Wildman–Crippen MR) is 146 cm³/mol. The maximum Gasteiger partial charge on any atom is 0.284 e. The quantitative estimate of drug-likeness (QED) is 0.341. The Labute approximate surface area is 220 Å². The molecule has 2 atom stereocenters. The summed E-state index contributed by atoms with van der Waals surface area (Å²) in [5, 5.41) is 8.24. The number of hydrogen-bond acceptors (Lipinski definition) is 3. The van der Waals surface area contributed by atoms with E-state index in [9.17, 15) is 4.79 Å². The van der Waals surface area contributed by atoms with Crippen LogP contribution in [0, 0.1) is 5.92 Å². The lowest BCUT2D eigenvalue weighted by molar-refractivity contribution is 0.0686. The van der Waals surface area contributed by atoms with Gasteiger partial charge in [-0.1, -0.05) is 47.5 Å². The third-order valence-corrected chi connectivity index (χ3v) is 9.07. The van der Waals surface area contributed by atoms with E-state index in [-0.39, 0.29) is 17.9 Å². The van der Waals surface area contributed by atoms with Crippen LogP contribution in [0.2, 0.25) is 10.0 Å². The van der Waals surface area contributed by atoms with Gasteiger partial charge in [-0.3, -0.25) is 4.79 Å². The smallest absolute Gasteiger partial charge is 0.266 e. The molecule has 2 heterocycles. The molecule has 3 nitrogen and oxygen atoms in total. The van der Waals surface area contributed by atoms with Gasteiger partial charge in [0.05, 0.1) is 16.6 Å². The second-order valence-corrected chi connectivity index (χ2v) is 11.6. The lowest BCUT2D eigenvalue weighted by atomic mass is 9.77. The van der Waals surface area contributed by atoms with Crippen molar-refractivity contribution in [2.75, 3.05) is 0 Å². The van der Waals surface area contributed by atoms with Gasteiger partial charge in [0.1, 0.15) is 0 Å². The molecule has 1 amide bonds. The summed E-state index contributed by atoms with van der Waals surface area (Å²) in [5.41, 5.74) is 5.79. The summed E-state index contributed by atoms with van der Waals surface area (Å²) in [5.74, 6) is 0.180. The molecule has 0 bridgehead atoms. The number of carbonyl (C=O) groups is 1. The number of fused-ring (bicyclic) bond motifs is 2. The van der Waals surface area contributed by atoms with Crippen LogP contribution in [-0.4, -0.2) is 16.6 Å². The number of thiophene rings is 1. The van der Waals surface area contributed by atoms with Crippen LogP contribution in [-0.2, 0) is 12.8 Å². The normalized spacial score (nSPS) is 22.6. The molecule has 1 aliphatic heterocycles. The van der Waals surface area contributed by atoms with Gasteiger partial charge in [0.2, 0.25) is 0 Å². The number of halogens is 2. The van der Waals surface area contributed by atoms with Crippen LogP contribution in [0.1, 0.15) is 69.4 Å². The molecule has 1 aromatic heterocycles. The molecule has 3 aromatic rings. The van der Waals surface area contributed by atoms with Crippen molar-refractivity contribution < 1.29 is 4.79 Å². The molecule has 2 aromatic carbocycles. The number of rotatable bonds is 3. The Hall–Kier alpha value is -2.40. The zero-order valence-corrected chi connectivity index (χ0v) is 21.7. The van der Waals surface area contributed by atoms with E-state index in [1.165, 1.54) is 28.9 Å². The molecule has 178 valence electrons. The van der Waals surface area contributed by atoms with E-state index in [0.717, 1.165) is 58.8 Å². The number of nitrogens with zero attached hydrogens (tertiary/aromatic N) is 2. The Balaban J connectivity index is 1.41. The van der Waals surface area contributed by atoms with Crippen LogP contribution in [0.4, 0.5) is 0 Å². The standard InChI is InChI=1S/C29H26Cl2N2OS/c30-22-12-8-18(9-13-22)16-21-5-3-6-24-27(21)32-33(28(24)19-10-14-23(31)15-11-19)29(34)26-17-20-4-1-2-7-25(20)35-26/h8-17,24,28H,1-7H2/b21-16+/t24-,28-/m1/s1. The van der Waals surface area contributed by atoms with Crippen molar-refractivity contribution in [1.82, 2.24) is 5.01 Å². The first-order valence-electron chi connectivity index (χ1n) is 12.3. The molecule has 1 saturated carbocycles. The zero-order chi connectivity index (χ0) is 23.9.